The van der Waals surface area contributed by atoms with Gasteiger partial charge in [-0.15, -0.1) is 11.6 Å². The van der Waals surface area contributed by atoms with Crippen molar-refractivity contribution in [1.29, 1.82) is 0 Å². The molecule has 0 amide bonds. The number of hydrogen-bond donors (Lipinski definition) is 0. The maximum atomic E-state index is 5.95. The summed E-state index contributed by atoms with van der Waals surface area (Å²) in [6.45, 7) is 0. The summed E-state index contributed by atoms with van der Waals surface area (Å²) >= 11 is 5.40. The Morgan fingerprint density at radius 3 is 2.41 bits per heavy atom. The fraction of sp³-hybridized carbons (Fsp3) is 0. The molecule has 0 saturated carbocycles. The molecule has 2 aromatic carbocycles. The van der Waals surface area contributed by atoms with Crippen LogP contribution in [-0.2, 0) is 17.0 Å². The number of nitrogens with zero attached hydrogens (tertiary/aromatic N) is 1. The molecule has 0 N–H and O–H groups in total. The van der Waals surface area contributed by atoms with E-state index in [1.807, 2.05) is 48.5 Å². The zero-order valence-electron chi connectivity index (χ0n) is 8.78. The van der Waals surface area contributed by atoms with Crippen molar-refractivity contribution in [3.63, 3.8) is 0 Å². The summed E-state index contributed by atoms with van der Waals surface area (Å²) < 4.78 is 0. The van der Waals surface area contributed by atoms with Crippen LogP contribution in [0.25, 0.3) is 0 Å². The molecule has 0 aliphatic carbocycles. The Morgan fingerprint density at radius 1 is 1.12 bits per heavy atom. The minimum absolute atomic E-state index is 0.556. The van der Waals surface area contributed by atoms with E-state index < -0.39 is 17.0 Å². The van der Waals surface area contributed by atoms with Crippen molar-refractivity contribution in [1.82, 2.24) is 0 Å². The minimum atomic E-state index is -0.556. The quantitative estimate of drug-likeness (QED) is 0.410. The second-order valence-electron chi connectivity index (χ2n) is 3.00. The molecule has 0 saturated heterocycles. The molecule has 2 rings (SSSR count). The fourth-order valence-electron chi connectivity index (χ4n) is 1.18. The molecule has 0 bridgehead atoms. The van der Waals surface area contributed by atoms with Gasteiger partial charge in [0.25, 0.3) is 0 Å². The van der Waals surface area contributed by atoms with E-state index in [1.54, 1.807) is 6.21 Å². The van der Waals surface area contributed by atoms with Crippen molar-refractivity contribution in [2.24, 2.45) is 4.99 Å². The number of halogens is 3. The Bertz CT molecular complexity index is 455. The van der Waals surface area contributed by atoms with E-state index in [0.29, 0.717) is 5.02 Å². The monoisotopic (exact) mass is 320 g/mol. The molecule has 1 nitrogen and oxygen atoms in total. The van der Waals surface area contributed by atoms with Crippen LogP contribution in [0, 0.1) is 0 Å². The molecule has 0 unspecified atom stereocenters. The van der Waals surface area contributed by atoms with Crippen molar-refractivity contribution in [2.45, 2.75) is 0 Å². The van der Waals surface area contributed by atoms with Gasteiger partial charge in [-0.1, -0.05) is 23.7 Å². The summed E-state index contributed by atoms with van der Waals surface area (Å²) in [6, 6.07) is 15.5. The average Bonchev–Trinajstić information content (AvgIpc) is 2.82. The molecular formula is C12H9Cl3NTi-. The van der Waals surface area contributed by atoms with Gasteiger partial charge in [-0.05, 0) is 18.3 Å². The molecule has 0 fully saturated rings. The molecule has 0 spiro atoms. The van der Waals surface area contributed by atoms with E-state index in [0.717, 1.165) is 11.3 Å². The molecule has 0 heterocycles. The van der Waals surface area contributed by atoms with Gasteiger partial charge >= 0.3 is 35.6 Å². The number of hydrogen-bond acceptors (Lipinski definition) is 1. The summed E-state index contributed by atoms with van der Waals surface area (Å²) in [5.41, 5.74) is 1.89. The van der Waals surface area contributed by atoms with E-state index in [4.69, 9.17) is 30.2 Å². The van der Waals surface area contributed by atoms with Gasteiger partial charge in [0.1, 0.15) is 0 Å². The first-order valence-corrected chi connectivity index (χ1v) is 9.42. The van der Waals surface area contributed by atoms with Gasteiger partial charge in [-0.25, -0.2) is 0 Å². The van der Waals surface area contributed by atoms with Crippen LogP contribution in [0.5, 0.6) is 0 Å². The summed E-state index contributed by atoms with van der Waals surface area (Å²) in [5.74, 6) is 0. The summed E-state index contributed by atoms with van der Waals surface area (Å²) in [7, 11) is 9.78. The van der Waals surface area contributed by atoms with Gasteiger partial charge in [0.05, 0.1) is 10.7 Å². The maximum absolute atomic E-state index is 5.95. The second-order valence-corrected chi connectivity index (χ2v) is 5.99. The number of para-hydroxylation sites is 1. The first-order valence-electron chi connectivity index (χ1n) is 4.74. The second kappa shape index (κ2) is 8.85. The van der Waals surface area contributed by atoms with Crippen molar-refractivity contribution in [3.05, 3.63) is 59.1 Å². The standard InChI is InChI=1S/C12H9ClN.2ClH.Ti/c13-11-7-3-4-8-12(11)14-9-10-5-1-2-6-10;;;/h1-9H;2*1H;/q-1;;;+2/p-2. The van der Waals surface area contributed by atoms with E-state index >= 15 is 0 Å². The third kappa shape index (κ3) is 5.81. The Kier molecular flexibility index (Phi) is 7.75. The first kappa shape index (κ1) is 14.9. The van der Waals surface area contributed by atoms with Gasteiger partial charge in [-0.3, -0.25) is 0 Å². The van der Waals surface area contributed by atoms with Crippen molar-refractivity contribution in [3.8, 4) is 0 Å². The topological polar surface area (TPSA) is 12.4 Å². The molecule has 0 aromatic heterocycles. The normalized spacial score (nSPS) is 9.82. The molecule has 17 heavy (non-hydrogen) atoms. The first-order chi connectivity index (χ1) is 8.27. The summed E-state index contributed by atoms with van der Waals surface area (Å²) in [6.07, 6.45) is 1.81. The Balaban J connectivity index is 0.000000437. The molecule has 5 heteroatoms. The number of rotatable bonds is 2. The van der Waals surface area contributed by atoms with Crippen LogP contribution in [0.1, 0.15) is 5.56 Å². The molecular weight excluding hydrogens is 312 g/mol. The molecule has 0 atom stereocenters. The summed E-state index contributed by atoms with van der Waals surface area (Å²) in [4.78, 5) is 4.29. The van der Waals surface area contributed by atoms with E-state index in [9.17, 15) is 0 Å². The van der Waals surface area contributed by atoms with Crippen LogP contribution in [0.3, 0.4) is 0 Å². The molecule has 88 valence electrons. The van der Waals surface area contributed by atoms with Crippen LogP contribution < -0.4 is 0 Å². The zero-order valence-corrected chi connectivity index (χ0v) is 12.6. The average molecular weight is 321 g/mol. The van der Waals surface area contributed by atoms with Crippen molar-refractivity contribution in [2.75, 3.05) is 0 Å². The number of benzene rings is 1. The predicted molar refractivity (Wildman–Crippen MR) is 72.4 cm³/mol. The van der Waals surface area contributed by atoms with Gasteiger partial charge in [0.2, 0.25) is 0 Å². The molecule has 0 radical (unpaired) electrons. The van der Waals surface area contributed by atoms with Crippen molar-refractivity contribution >= 4 is 42.1 Å². The van der Waals surface area contributed by atoms with Crippen molar-refractivity contribution < 1.29 is 17.0 Å². The van der Waals surface area contributed by atoms with Crippen LogP contribution in [0.4, 0.5) is 5.69 Å². The number of aliphatic imine (C=N–C) groups is 1. The van der Waals surface area contributed by atoms with Crippen LogP contribution in [-0.4, -0.2) is 6.21 Å². The molecule has 0 aliphatic rings. The zero-order chi connectivity index (χ0) is 12.5. The molecule has 2 aromatic rings. The molecule has 0 aliphatic heterocycles. The predicted octanol–water partition coefficient (Wildman–Crippen LogP) is 5.19. The SMILES string of the molecule is Clc1ccccc1N=Cc1ccc[cH-]1.[Cl][Ti][Cl]. The Morgan fingerprint density at radius 2 is 1.82 bits per heavy atom. The van der Waals surface area contributed by atoms with Gasteiger partial charge in [-0.2, -0.15) is 18.2 Å². The van der Waals surface area contributed by atoms with Crippen LogP contribution in [0.15, 0.2) is 53.5 Å². The fourth-order valence-corrected chi connectivity index (χ4v) is 1.36. The van der Waals surface area contributed by atoms with Gasteiger partial charge in [0, 0.05) is 0 Å². The third-order valence-electron chi connectivity index (χ3n) is 1.89. The van der Waals surface area contributed by atoms with Gasteiger partial charge in [0.15, 0.2) is 0 Å². The van der Waals surface area contributed by atoms with Gasteiger partial charge < -0.3 is 4.99 Å². The third-order valence-corrected chi connectivity index (χ3v) is 2.21. The van der Waals surface area contributed by atoms with E-state index in [-0.39, 0.29) is 0 Å². The Labute approximate surface area is 122 Å². The van der Waals surface area contributed by atoms with Crippen LogP contribution >= 0.6 is 30.2 Å². The summed E-state index contributed by atoms with van der Waals surface area (Å²) in [5, 5.41) is 0.676. The van der Waals surface area contributed by atoms with E-state index in [1.165, 1.54) is 0 Å². The van der Waals surface area contributed by atoms with Crippen LogP contribution in [0.2, 0.25) is 5.02 Å². The van der Waals surface area contributed by atoms with E-state index in [2.05, 4.69) is 4.99 Å². The Hall–Kier alpha value is -0.176.